The zero-order valence-electron chi connectivity index (χ0n) is 18.8. The first-order valence-corrected chi connectivity index (χ1v) is 11.7. The van der Waals surface area contributed by atoms with E-state index in [1.54, 1.807) is 20.3 Å². The van der Waals surface area contributed by atoms with Crippen molar-refractivity contribution >= 4 is 17.7 Å². The Morgan fingerprint density at radius 1 is 1.28 bits per heavy atom. The molecule has 2 atom stereocenters. The summed E-state index contributed by atoms with van der Waals surface area (Å²) in [6.07, 6.45) is -1.98. The molecule has 2 aromatic carbocycles. The summed E-state index contributed by atoms with van der Waals surface area (Å²) in [5.74, 6) is -0.367. The number of thioether (sulfide) groups is 1. The van der Waals surface area contributed by atoms with Gasteiger partial charge >= 0.3 is 6.18 Å². The number of likely N-dealkylation sites (N-methyl/N-ethyl adjacent to an activating group) is 1. The zero-order valence-corrected chi connectivity index (χ0v) is 19.6. The third-order valence-electron chi connectivity index (χ3n) is 5.98. The molecule has 1 fully saturated rings. The highest BCUT2D eigenvalue weighted by molar-refractivity contribution is 7.98. The zero-order chi connectivity index (χ0) is 23.5. The Balaban J connectivity index is 2.07. The van der Waals surface area contributed by atoms with Gasteiger partial charge in [-0.15, -0.1) is 11.8 Å². The quantitative estimate of drug-likeness (QED) is 0.611. The van der Waals surface area contributed by atoms with Gasteiger partial charge in [-0.2, -0.15) is 13.2 Å². The second kappa shape index (κ2) is 9.85. The van der Waals surface area contributed by atoms with Gasteiger partial charge in [0.15, 0.2) is 0 Å². The fraction of sp³-hybridized carbons (Fsp3) is 0.458. The predicted molar refractivity (Wildman–Crippen MR) is 121 cm³/mol. The fourth-order valence-corrected chi connectivity index (χ4v) is 5.16. The highest BCUT2D eigenvalue weighted by Crippen LogP contribution is 2.37. The number of carbonyl (C=O) groups is 1. The van der Waals surface area contributed by atoms with Gasteiger partial charge in [-0.3, -0.25) is 4.79 Å². The molecule has 32 heavy (non-hydrogen) atoms. The Hall–Kier alpha value is -2.03. The number of aryl methyl sites for hydroxylation is 1. The van der Waals surface area contributed by atoms with E-state index in [1.807, 2.05) is 37.4 Å². The molecule has 0 saturated carbocycles. The second-order valence-electron chi connectivity index (χ2n) is 8.22. The number of rotatable bonds is 6. The Bertz CT molecular complexity index is 927. The number of carbonyl (C=O) groups excluding carboxylic acids is 1. The van der Waals surface area contributed by atoms with E-state index in [9.17, 15) is 18.0 Å². The minimum atomic E-state index is -4.47. The molecule has 0 aromatic heterocycles. The van der Waals surface area contributed by atoms with Crippen LogP contribution in [0.5, 0.6) is 0 Å². The summed E-state index contributed by atoms with van der Waals surface area (Å²) in [5, 5.41) is 3.21. The number of benzene rings is 2. The molecule has 0 spiro atoms. The summed E-state index contributed by atoms with van der Waals surface area (Å²) in [7, 11) is 3.62. The molecular weight excluding hydrogens is 437 g/mol. The summed E-state index contributed by atoms with van der Waals surface area (Å²) in [6.45, 7) is 3.06. The standard InChI is InChI=1S/C24H29F3N2O2S/c1-5-16-11-18(24(25,26)27)12-20(32-4)21(16)22(30)28-23(17-9-7-6-8-10-17)13-19(31-3)14-29(2)15-23/h6-12,19H,5,13-15H2,1-4H3,(H,28,30)/t19-,23-/m0/s1. The van der Waals surface area contributed by atoms with Gasteiger partial charge in [0.1, 0.15) is 0 Å². The number of piperidine rings is 1. The van der Waals surface area contributed by atoms with Crippen LogP contribution < -0.4 is 5.32 Å². The molecule has 1 amide bonds. The Morgan fingerprint density at radius 2 is 1.97 bits per heavy atom. The van der Waals surface area contributed by atoms with E-state index in [4.69, 9.17) is 4.74 Å². The van der Waals surface area contributed by atoms with E-state index >= 15 is 0 Å². The summed E-state index contributed by atoms with van der Waals surface area (Å²) < 4.78 is 45.9. The maximum Gasteiger partial charge on any atom is 0.416 e. The molecule has 1 saturated heterocycles. The lowest BCUT2D eigenvalue weighted by Crippen LogP contribution is -2.59. The monoisotopic (exact) mass is 466 g/mol. The third kappa shape index (κ3) is 5.13. The van der Waals surface area contributed by atoms with E-state index in [0.29, 0.717) is 35.4 Å². The topological polar surface area (TPSA) is 41.6 Å². The molecule has 1 aliphatic rings. The molecule has 1 N–H and O–H groups in total. The first kappa shape index (κ1) is 24.6. The smallest absolute Gasteiger partial charge is 0.380 e. The van der Waals surface area contributed by atoms with Gasteiger partial charge in [0.2, 0.25) is 0 Å². The molecule has 0 radical (unpaired) electrons. The number of methoxy groups -OCH3 is 1. The molecule has 0 bridgehead atoms. The van der Waals surface area contributed by atoms with Crippen molar-refractivity contribution in [1.82, 2.24) is 10.2 Å². The average Bonchev–Trinajstić information content (AvgIpc) is 2.77. The first-order chi connectivity index (χ1) is 15.1. The maximum absolute atomic E-state index is 13.6. The highest BCUT2D eigenvalue weighted by atomic mass is 32.2. The molecule has 174 valence electrons. The Labute approximate surface area is 191 Å². The molecule has 1 aliphatic heterocycles. The van der Waals surface area contributed by atoms with Gasteiger partial charge in [-0.05, 0) is 43.0 Å². The van der Waals surface area contributed by atoms with Crippen LogP contribution in [0.15, 0.2) is 47.4 Å². The van der Waals surface area contributed by atoms with Crippen molar-refractivity contribution < 1.29 is 22.7 Å². The van der Waals surface area contributed by atoms with Crippen LogP contribution in [0.2, 0.25) is 0 Å². The number of likely N-dealkylation sites (tertiary alicyclic amines) is 1. The molecule has 8 heteroatoms. The minimum absolute atomic E-state index is 0.0903. The van der Waals surface area contributed by atoms with E-state index in [-0.39, 0.29) is 12.0 Å². The van der Waals surface area contributed by atoms with Gasteiger partial charge in [-0.25, -0.2) is 0 Å². The number of ether oxygens (including phenoxy) is 1. The number of nitrogens with one attached hydrogen (secondary N) is 1. The fourth-order valence-electron chi connectivity index (χ4n) is 4.49. The van der Waals surface area contributed by atoms with Gasteiger partial charge in [0.05, 0.1) is 22.8 Å². The van der Waals surface area contributed by atoms with Crippen LogP contribution in [-0.2, 0) is 22.9 Å². The normalized spacial score (nSPS) is 22.0. The van der Waals surface area contributed by atoms with E-state index in [1.165, 1.54) is 0 Å². The van der Waals surface area contributed by atoms with Gasteiger partial charge in [0.25, 0.3) is 5.91 Å². The maximum atomic E-state index is 13.6. The highest BCUT2D eigenvalue weighted by Gasteiger charge is 2.42. The molecule has 3 rings (SSSR count). The number of hydrogen-bond acceptors (Lipinski definition) is 4. The average molecular weight is 467 g/mol. The van der Waals surface area contributed by atoms with Crippen molar-refractivity contribution in [3.05, 3.63) is 64.7 Å². The van der Waals surface area contributed by atoms with Gasteiger partial charge in [0, 0.05) is 31.5 Å². The van der Waals surface area contributed by atoms with Crippen molar-refractivity contribution in [1.29, 1.82) is 0 Å². The molecule has 0 unspecified atom stereocenters. The molecule has 0 aliphatic carbocycles. The summed E-state index contributed by atoms with van der Waals surface area (Å²) in [6, 6.07) is 11.8. The lowest BCUT2D eigenvalue weighted by atomic mass is 9.80. The Morgan fingerprint density at radius 3 is 2.53 bits per heavy atom. The number of nitrogens with zero attached hydrogens (tertiary/aromatic N) is 1. The number of amides is 1. The van der Waals surface area contributed by atoms with E-state index in [0.717, 1.165) is 36.0 Å². The number of halogens is 3. The van der Waals surface area contributed by atoms with E-state index < -0.39 is 17.3 Å². The van der Waals surface area contributed by atoms with Gasteiger partial charge in [-0.1, -0.05) is 37.3 Å². The summed E-state index contributed by atoms with van der Waals surface area (Å²) in [4.78, 5) is 16.1. The predicted octanol–water partition coefficient (Wildman–Crippen LogP) is 4.97. The van der Waals surface area contributed by atoms with Crippen LogP contribution in [0.1, 0.15) is 40.4 Å². The minimum Gasteiger partial charge on any atom is -0.380 e. The number of alkyl halides is 3. The summed E-state index contributed by atoms with van der Waals surface area (Å²) >= 11 is 1.15. The number of hydrogen-bond donors (Lipinski definition) is 1. The van der Waals surface area contributed by atoms with E-state index in [2.05, 4.69) is 10.2 Å². The van der Waals surface area contributed by atoms with Crippen LogP contribution in [0.25, 0.3) is 0 Å². The van der Waals surface area contributed by atoms with Crippen molar-refractivity contribution in [2.75, 3.05) is 33.5 Å². The van der Waals surface area contributed by atoms with Crippen molar-refractivity contribution in [3.8, 4) is 0 Å². The SMILES string of the molecule is CCc1cc(C(F)(F)F)cc(SC)c1C(=O)N[C@@]1(c2ccccc2)C[C@H](OC)CN(C)C1. The van der Waals surface area contributed by atoms with Crippen molar-refractivity contribution in [3.63, 3.8) is 0 Å². The molecule has 1 heterocycles. The van der Waals surface area contributed by atoms with Crippen LogP contribution in [0.4, 0.5) is 13.2 Å². The van der Waals surface area contributed by atoms with Crippen molar-refractivity contribution in [2.45, 2.75) is 42.5 Å². The largest absolute Gasteiger partial charge is 0.416 e. The van der Waals surface area contributed by atoms with Crippen LogP contribution >= 0.6 is 11.8 Å². The molecular formula is C24H29F3N2O2S. The van der Waals surface area contributed by atoms with Crippen LogP contribution in [-0.4, -0.2) is 50.4 Å². The van der Waals surface area contributed by atoms with Crippen LogP contribution in [0, 0.1) is 0 Å². The van der Waals surface area contributed by atoms with Crippen molar-refractivity contribution in [2.24, 2.45) is 0 Å². The first-order valence-electron chi connectivity index (χ1n) is 10.5. The lowest BCUT2D eigenvalue weighted by Gasteiger charge is -2.45. The summed E-state index contributed by atoms with van der Waals surface area (Å²) in [5.41, 5.74) is 0.181. The molecule has 2 aromatic rings. The third-order valence-corrected chi connectivity index (χ3v) is 6.74. The lowest BCUT2D eigenvalue weighted by molar-refractivity contribution is -0.137. The second-order valence-corrected chi connectivity index (χ2v) is 9.07. The van der Waals surface area contributed by atoms with Gasteiger partial charge < -0.3 is 15.0 Å². The van der Waals surface area contributed by atoms with Crippen LogP contribution in [0.3, 0.4) is 0 Å². The Kier molecular flexibility index (Phi) is 7.57. The molecule has 4 nitrogen and oxygen atoms in total.